The number of nitrogens with two attached hydrogens (primary N) is 1. The Bertz CT molecular complexity index is 648. The lowest BCUT2D eigenvalue weighted by Gasteiger charge is -2.07. The summed E-state index contributed by atoms with van der Waals surface area (Å²) in [5.74, 6) is 0.313. The molecule has 3 N–H and O–H groups in total. The Hall–Kier alpha value is -1.82. The van der Waals surface area contributed by atoms with Crippen molar-refractivity contribution in [2.75, 3.05) is 11.1 Å². The third-order valence-corrected chi connectivity index (χ3v) is 3.81. The van der Waals surface area contributed by atoms with Crippen molar-refractivity contribution in [1.29, 1.82) is 0 Å². The van der Waals surface area contributed by atoms with Crippen LogP contribution in [0, 0.1) is 13.8 Å². The van der Waals surface area contributed by atoms with Crippen molar-refractivity contribution in [3.05, 3.63) is 39.5 Å². The van der Waals surface area contributed by atoms with Crippen molar-refractivity contribution in [3.8, 4) is 0 Å². The number of hydrogen-bond donors (Lipinski definition) is 2. The SMILES string of the molecule is Cc1cc(C(=O)Nc2c(N)c(C)nn2C)ccc1Br. The predicted octanol–water partition coefficient (Wildman–Crippen LogP) is 2.63. The van der Waals surface area contributed by atoms with E-state index in [1.807, 2.05) is 19.1 Å². The number of anilines is 2. The summed E-state index contributed by atoms with van der Waals surface area (Å²) in [7, 11) is 1.74. The molecule has 1 heterocycles. The maximum atomic E-state index is 12.2. The van der Waals surface area contributed by atoms with Crippen LogP contribution in [0.25, 0.3) is 0 Å². The van der Waals surface area contributed by atoms with Crippen molar-refractivity contribution in [2.24, 2.45) is 7.05 Å². The Morgan fingerprint density at radius 3 is 2.63 bits per heavy atom. The average molecular weight is 323 g/mol. The molecule has 0 bridgehead atoms. The molecule has 0 atom stereocenters. The topological polar surface area (TPSA) is 72.9 Å². The van der Waals surface area contributed by atoms with Gasteiger partial charge in [0, 0.05) is 17.1 Å². The first-order valence-corrected chi connectivity index (χ1v) is 6.56. The molecule has 1 aromatic heterocycles. The number of hydrogen-bond acceptors (Lipinski definition) is 3. The van der Waals surface area contributed by atoms with Crippen LogP contribution in [0.2, 0.25) is 0 Å². The van der Waals surface area contributed by atoms with Gasteiger partial charge in [-0.25, -0.2) is 0 Å². The summed E-state index contributed by atoms with van der Waals surface area (Å²) in [4.78, 5) is 12.2. The quantitative estimate of drug-likeness (QED) is 0.892. The smallest absolute Gasteiger partial charge is 0.256 e. The fourth-order valence-corrected chi connectivity index (χ4v) is 2.04. The summed E-state index contributed by atoms with van der Waals surface area (Å²) in [6.45, 7) is 3.73. The molecule has 19 heavy (non-hydrogen) atoms. The van der Waals surface area contributed by atoms with Gasteiger partial charge in [0.2, 0.25) is 0 Å². The van der Waals surface area contributed by atoms with E-state index in [0.29, 0.717) is 22.8 Å². The molecule has 0 saturated heterocycles. The van der Waals surface area contributed by atoms with E-state index in [1.165, 1.54) is 0 Å². The van der Waals surface area contributed by atoms with Gasteiger partial charge >= 0.3 is 0 Å². The van der Waals surface area contributed by atoms with Crippen LogP contribution in [0.3, 0.4) is 0 Å². The molecule has 2 aromatic rings. The first-order chi connectivity index (χ1) is 8.90. The molecule has 0 unspecified atom stereocenters. The highest BCUT2D eigenvalue weighted by Crippen LogP contribution is 2.22. The second-order valence-corrected chi connectivity index (χ2v) is 5.24. The minimum atomic E-state index is -0.203. The maximum Gasteiger partial charge on any atom is 0.256 e. The summed E-state index contributed by atoms with van der Waals surface area (Å²) in [6.07, 6.45) is 0. The third kappa shape index (κ3) is 2.63. The average Bonchev–Trinajstić information content (AvgIpc) is 2.59. The lowest BCUT2D eigenvalue weighted by Crippen LogP contribution is -2.15. The van der Waals surface area contributed by atoms with Gasteiger partial charge in [-0.05, 0) is 37.6 Å². The van der Waals surface area contributed by atoms with Crippen LogP contribution in [0.4, 0.5) is 11.5 Å². The molecule has 6 heteroatoms. The highest BCUT2D eigenvalue weighted by molar-refractivity contribution is 9.10. The van der Waals surface area contributed by atoms with Crippen LogP contribution < -0.4 is 11.1 Å². The van der Waals surface area contributed by atoms with Gasteiger partial charge in [0.05, 0.1) is 11.4 Å². The first kappa shape index (κ1) is 13.6. The van der Waals surface area contributed by atoms with Gasteiger partial charge in [-0.2, -0.15) is 5.10 Å². The largest absolute Gasteiger partial charge is 0.394 e. The zero-order chi connectivity index (χ0) is 14.2. The number of carbonyl (C=O) groups excluding carboxylic acids is 1. The Morgan fingerprint density at radius 2 is 2.11 bits per heavy atom. The zero-order valence-corrected chi connectivity index (χ0v) is 12.6. The molecular weight excluding hydrogens is 308 g/mol. The summed E-state index contributed by atoms with van der Waals surface area (Å²) >= 11 is 3.41. The van der Waals surface area contributed by atoms with Gasteiger partial charge in [-0.1, -0.05) is 15.9 Å². The van der Waals surface area contributed by atoms with Crippen molar-refractivity contribution < 1.29 is 4.79 Å². The number of amides is 1. The molecule has 1 amide bonds. The Labute approximate surface area is 119 Å². The van der Waals surface area contributed by atoms with Gasteiger partial charge in [-0.3, -0.25) is 9.48 Å². The highest BCUT2D eigenvalue weighted by atomic mass is 79.9. The fourth-order valence-electron chi connectivity index (χ4n) is 1.79. The molecule has 0 spiro atoms. The summed E-state index contributed by atoms with van der Waals surface area (Å²) in [6, 6.07) is 5.42. The fraction of sp³-hybridized carbons (Fsp3) is 0.231. The molecular formula is C13H15BrN4O. The van der Waals surface area contributed by atoms with Gasteiger partial charge in [0.25, 0.3) is 5.91 Å². The number of aryl methyl sites for hydroxylation is 3. The molecule has 0 saturated carbocycles. The molecule has 100 valence electrons. The number of nitrogens with zero attached hydrogens (tertiary/aromatic N) is 2. The third-order valence-electron chi connectivity index (χ3n) is 2.92. The maximum absolute atomic E-state index is 12.2. The monoisotopic (exact) mass is 322 g/mol. The van der Waals surface area contributed by atoms with E-state index in [4.69, 9.17) is 5.73 Å². The molecule has 2 rings (SSSR count). The van der Waals surface area contributed by atoms with Crippen LogP contribution in [-0.2, 0) is 7.05 Å². The van der Waals surface area contributed by atoms with E-state index >= 15 is 0 Å². The lowest BCUT2D eigenvalue weighted by atomic mass is 10.1. The van der Waals surface area contributed by atoms with E-state index in [-0.39, 0.29) is 5.91 Å². The number of nitrogen functional groups attached to an aromatic ring is 1. The Kier molecular flexibility index (Phi) is 3.61. The number of carbonyl (C=O) groups is 1. The molecule has 0 aliphatic carbocycles. The summed E-state index contributed by atoms with van der Waals surface area (Å²) < 4.78 is 2.54. The van der Waals surface area contributed by atoms with E-state index in [2.05, 4.69) is 26.3 Å². The van der Waals surface area contributed by atoms with Gasteiger partial charge in [-0.15, -0.1) is 0 Å². The Morgan fingerprint density at radius 1 is 1.42 bits per heavy atom. The second-order valence-electron chi connectivity index (χ2n) is 4.39. The van der Waals surface area contributed by atoms with Gasteiger partial charge in [0.1, 0.15) is 0 Å². The van der Waals surface area contributed by atoms with E-state index < -0.39 is 0 Å². The standard InChI is InChI=1S/C13H15BrN4O/c1-7-6-9(4-5-10(7)14)13(19)16-12-11(15)8(2)17-18(12)3/h4-6H,15H2,1-3H3,(H,16,19). The van der Waals surface area contributed by atoms with Crippen molar-refractivity contribution in [1.82, 2.24) is 9.78 Å². The molecule has 0 aliphatic rings. The van der Waals surface area contributed by atoms with Crippen molar-refractivity contribution in [3.63, 3.8) is 0 Å². The van der Waals surface area contributed by atoms with Crippen LogP contribution in [0.1, 0.15) is 21.6 Å². The summed E-state index contributed by atoms with van der Waals surface area (Å²) in [5, 5.41) is 6.94. The zero-order valence-electron chi connectivity index (χ0n) is 11.0. The number of aromatic nitrogens is 2. The number of benzene rings is 1. The lowest BCUT2D eigenvalue weighted by molar-refractivity contribution is 0.102. The minimum Gasteiger partial charge on any atom is -0.394 e. The second kappa shape index (κ2) is 5.05. The van der Waals surface area contributed by atoms with E-state index in [9.17, 15) is 4.79 Å². The number of halogens is 1. The van der Waals surface area contributed by atoms with E-state index in [1.54, 1.807) is 24.7 Å². The molecule has 0 radical (unpaired) electrons. The minimum absolute atomic E-state index is 0.203. The number of rotatable bonds is 2. The highest BCUT2D eigenvalue weighted by Gasteiger charge is 2.14. The van der Waals surface area contributed by atoms with Crippen molar-refractivity contribution in [2.45, 2.75) is 13.8 Å². The molecule has 5 nitrogen and oxygen atoms in total. The predicted molar refractivity (Wildman–Crippen MR) is 79.2 cm³/mol. The summed E-state index contributed by atoms with van der Waals surface area (Å²) in [5.41, 5.74) is 8.65. The molecule has 0 aliphatic heterocycles. The van der Waals surface area contributed by atoms with Crippen LogP contribution in [-0.4, -0.2) is 15.7 Å². The van der Waals surface area contributed by atoms with Crippen molar-refractivity contribution >= 4 is 33.3 Å². The number of nitrogens with one attached hydrogen (secondary N) is 1. The van der Waals surface area contributed by atoms with Crippen LogP contribution >= 0.6 is 15.9 Å². The van der Waals surface area contributed by atoms with Crippen LogP contribution in [0.15, 0.2) is 22.7 Å². The molecule has 0 fully saturated rings. The Balaban J connectivity index is 2.28. The van der Waals surface area contributed by atoms with Gasteiger partial charge in [0.15, 0.2) is 5.82 Å². The van der Waals surface area contributed by atoms with Crippen LogP contribution in [0.5, 0.6) is 0 Å². The first-order valence-electron chi connectivity index (χ1n) is 5.76. The van der Waals surface area contributed by atoms with E-state index in [0.717, 1.165) is 10.0 Å². The molecule has 1 aromatic carbocycles. The van der Waals surface area contributed by atoms with Gasteiger partial charge < -0.3 is 11.1 Å². The normalized spacial score (nSPS) is 10.5.